The second-order valence-corrected chi connectivity index (χ2v) is 7.12. The van der Waals surface area contributed by atoms with Gasteiger partial charge < -0.3 is 10.5 Å². The number of nitrogen functional groups attached to an aromatic ring is 1. The van der Waals surface area contributed by atoms with Crippen molar-refractivity contribution in [3.63, 3.8) is 0 Å². The van der Waals surface area contributed by atoms with E-state index in [0.717, 1.165) is 16.7 Å². The van der Waals surface area contributed by atoms with Gasteiger partial charge in [0, 0.05) is 23.7 Å². The number of aryl methyl sites for hydroxylation is 1. The van der Waals surface area contributed by atoms with Gasteiger partial charge in [-0.25, -0.2) is 4.98 Å². The molecule has 0 fully saturated rings. The normalized spacial score (nSPS) is 11.6. The largest absolute Gasteiger partial charge is 0.466 e. The Hall–Kier alpha value is -3.47. The third-order valence-corrected chi connectivity index (χ3v) is 5.00. The fraction of sp³-hybridized carbons (Fsp3) is 0.240. The maximum Gasteiger partial charge on any atom is 0.309 e. The monoisotopic (exact) mass is 402 g/mol. The number of rotatable bonds is 9. The van der Waals surface area contributed by atoms with E-state index in [1.165, 1.54) is 0 Å². The van der Waals surface area contributed by atoms with Crippen LogP contribution in [0.5, 0.6) is 0 Å². The van der Waals surface area contributed by atoms with E-state index in [0.29, 0.717) is 30.8 Å². The highest BCUT2D eigenvalue weighted by Crippen LogP contribution is 2.27. The molecular formula is C25H26N2O3. The van der Waals surface area contributed by atoms with Gasteiger partial charge in [-0.15, -0.1) is 0 Å². The molecule has 0 aliphatic rings. The zero-order chi connectivity index (χ0) is 21.3. The van der Waals surface area contributed by atoms with Crippen molar-refractivity contribution in [3.8, 4) is 11.1 Å². The van der Waals surface area contributed by atoms with Crippen molar-refractivity contribution in [3.05, 3.63) is 84.1 Å². The Morgan fingerprint density at radius 2 is 1.73 bits per heavy atom. The number of hydrogen-bond donors (Lipinski definition) is 1. The highest BCUT2D eigenvalue weighted by atomic mass is 16.5. The number of anilines is 1. The van der Waals surface area contributed by atoms with Crippen LogP contribution in [0, 0.1) is 5.92 Å². The lowest BCUT2D eigenvalue weighted by atomic mass is 9.89. The minimum Gasteiger partial charge on any atom is -0.466 e. The van der Waals surface area contributed by atoms with Gasteiger partial charge in [-0.3, -0.25) is 9.59 Å². The number of benzene rings is 2. The van der Waals surface area contributed by atoms with Gasteiger partial charge >= 0.3 is 5.97 Å². The van der Waals surface area contributed by atoms with Gasteiger partial charge in [-0.05, 0) is 43.0 Å². The molecule has 0 radical (unpaired) electrons. The third-order valence-electron chi connectivity index (χ3n) is 5.00. The molecule has 0 saturated heterocycles. The highest BCUT2D eigenvalue weighted by Gasteiger charge is 2.25. The standard InChI is InChI=1S/C25H26N2O3/c1-2-30-25(29)19(13-12-18-8-4-3-5-9-18)16-23(28)22-11-7-6-10-21(22)20-14-15-24(26)27-17-20/h3-11,14-15,17,19H,2,12-13,16H2,1H3,(H2,26,27). The number of aromatic nitrogens is 1. The Kier molecular flexibility index (Phi) is 7.33. The van der Waals surface area contributed by atoms with Crippen molar-refractivity contribution < 1.29 is 14.3 Å². The third kappa shape index (κ3) is 5.54. The number of ketones is 1. The number of Topliss-reactive ketones (excluding diaryl/α,β-unsaturated/α-hetero) is 1. The Balaban J connectivity index is 1.80. The summed E-state index contributed by atoms with van der Waals surface area (Å²) >= 11 is 0. The topological polar surface area (TPSA) is 82.3 Å². The summed E-state index contributed by atoms with van der Waals surface area (Å²) in [4.78, 5) is 29.8. The zero-order valence-electron chi connectivity index (χ0n) is 17.1. The van der Waals surface area contributed by atoms with Crippen LogP contribution in [-0.2, 0) is 16.0 Å². The average molecular weight is 402 g/mol. The number of ether oxygens (including phenoxy) is 1. The van der Waals surface area contributed by atoms with Crippen molar-refractivity contribution in [1.29, 1.82) is 0 Å². The maximum atomic E-state index is 13.2. The number of carbonyl (C=O) groups is 2. The first kappa shape index (κ1) is 21.2. The summed E-state index contributed by atoms with van der Waals surface area (Å²) in [6.45, 7) is 2.07. The predicted octanol–water partition coefficient (Wildman–Crippen LogP) is 4.72. The fourth-order valence-corrected chi connectivity index (χ4v) is 3.43. The molecule has 0 saturated carbocycles. The van der Waals surface area contributed by atoms with Crippen molar-refractivity contribution in [1.82, 2.24) is 4.98 Å². The summed E-state index contributed by atoms with van der Waals surface area (Å²) in [5.74, 6) is -0.483. The van der Waals surface area contributed by atoms with Gasteiger partial charge in [0.05, 0.1) is 12.5 Å². The van der Waals surface area contributed by atoms with Crippen LogP contribution in [-0.4, -0.2) is 23.3 Å². The molecule has 1 aromatic heterocycles. The summed E-state index contributed by atoms with van der Waals surface area (Å²) in [6, 6.07) is 20.8. The smallest absolute Gasteiger partial charge is 0.309 e. The lowest BCUT2D eigenvalue weighted by molar-refractivity contribution is -0.148. The molecule has 0 amide bonds. The molecule has 30 heavy (non-hydrogen) atoms. The van der Waals surface area contributed by atoms with Crippen LogP contribution in [0.25, 0.3) is 11.1 Å². The van der Waals surface area contributed by atoms with E-state index < -0.39 is 5.92 Å². The van der Waals surface area contributed by atoms with E-state index >= 15 is 0 Å². The van der Waals surface area contributed by atoms with Crippen LogP contribution in [0.2, 0.25) is 0 Å². The van der Waals surface area contributed by atoms with Crippen molar-refractivity contribution in [2.45, 2.75) is 26.2 Å². The van der Waals surface area contributed by atoms with E-state index in [1.807, 2.05) is 54.6 Å². The van der Waals surface area contributed by atoms with E-state index in [-0.39, 0.29) is 18.2 Å². The molecule has 2 aromatic carbocycles. The second-order valence-electron chi connectivity index (χ2n) is 7.12. The second kappa shape index (κ2) is 10.3. The summed E-state index contributed by atoms with van der Waals surface area (Å²) in [6.07, 6.45) is 3.02. The number of esters is 1. The van der Waals surface area contributed by atoms with Crippen molar-refractivity contribution in [2.24, 2.45) is 5.92 Å². The van der Waals surface area contributed by atoms with Crippen molar-refractivity contribution in [2.75, 3.05) is 12.3 Å². The van der Waals surface area contributed by atoms with Gasteiger partial charge in [0.15, 0.2) is 5.78 Å². The van der Waals surface area contributed by atoms with Crippen LogP contribution in [0.1, 0.15) is 35.7 Å². The molecule has 0 aliphatic carbocycles. The van der Waals surface area contributed by atoms with E-state index in [9.17, 15) is 9.59 Å². The molecule has 154 valence electrons. The number of hydrogen-bond acceptors (Lipinski definition) is 5. The van der Waals surface area contributed by atoms with E-state index in [4.69, 9.17) is 10.5 Å². The van der Waals surface area contributed by atoms with Gasteiger partial charge in [-0.2, -0.15) is 0 Å². The minimum atomic E-state index is -0.491. The van der Waals surface area contributed by atoms with Gasteiger partial charge in [0.1, 0.15) is 5.82 Å². The molecule has 1 heterocycles. The van der Waals surface area contributed by atoms with Gasteiger partial charge in [0.2, 0.25) is 0 Å². The molecule has 3 rings (SSSR count). The van der Waals surface area contributed by atoms with Crippen LogP contribution < -0.4 is 5.73 Å². The Morgan fingerprint density at radius 3 is 2.43 bits per heavy atom. The van der Waals surface area contributed by atoms with Crippen LogP contribution in [0.3, 0.4) is 0 Å². The molecule has 1 atom stereocenters. The van der Waals surface area contributed by atoms with Gasteiger partial charge in [-0.1, -0.05) is 54.6 Å². The molecule has 1 unspecified atom stereocenters. The molecule has 3 aromatic rings. The molecule has 0 aliphatic heterocycles. The predicted molar refractivity (Wildman–Crippen MR) is 118 cm³/mol. The first-order chi connectivity index (χ1) is 14.6. The SMILES string of the molecule is CCOC(=O)C(CCc1ccccc1)CC(=O)c1ccccc1-c1ccc(N)nc1. The molecular weight excluding hydrogens is 376 g/mol. The summed E-state index contributed by atoms with van der Waals surface area (Å²) in [5, 5.41) is 0. The number of pyridine rings is 1. The zero-order valence-corrected chi connectivity index (χ0v) is 17.1. The Morgan fingerprint density at radius 1 is 1.00 bits per heavy atom. The highest BCUT2D eigenvalue weighted by molar-refractivity contribution is 6.03. The molecule has 5 heteroatoms. The number of carbonyl (C=O) groups excluding carboxylic acids is 2. The van der Waals surface area contributed by atoms with Gasteiger partial charge in [0.25, 0.3) is 0 Å². The van der Waals surface area contributed by atoms with Crippen LogP contribution >= 0.6 is 0 Å². The Bertz CT molecular complexity index is 985. The first-order valence-corrected chi connectivity index (χ1v) is 10.1. The molecule has 0 spiro atoms. The van der Waals surface area contributed by atoms with E-state index in [2.05, 4.69) is 4.98 Å². The minimum absolute atomic E-state index is 0.0893. The fourth-order valence-electron chi connectivity index (χ4n) is 3.43. The summed E-state index contributed by atoms with van der Waals surface area (Å²) in [7, 11) is 0. The van der Waals surface area contributed by atoms with Crippen molar-refractivity contribution >= 4 is 17.6 Å². The van der Waals surface area contributed by atoms with Crippen LogP contribution in [0.15, 0.2) is 72.9 Å². The summed E-state index contributed by atoms with van der Waals surface area (Å²) < 4.78 is 5.24. The Labute approximate surface area is 176 Å². The van der Waals surface area contributed by atoms with E-state index in [1.54, 1.807) is 25.3 Å². The lowest BCUT2D eigenvalue weighted by Crippen LogP contribution is -2.22. The molecule has 2 N–H and O–H groups in total. The number of nitrogens with two attached hydrogens (primary N) is 1. The maximum absolute atomic E-state index is 13.2. The molecule has 5 nitrogen and oxygen atoms in total. The van der Waals surface area contributed by atoms with Crippen LogP contribution in [0.4, 0.5) is 5.82 Å². The summed E-state index contributed by atoms with van der Waals surface area (Å²) in [5.41, 5.74) is 8.97. The average Bonchev–Trinajstić information content (AvgIpc) is 2.78. The number of nitrogens with zero attached hydrogens (tertiary/aromatic N) is 1. The quantitative estimate of drug-likeness (QED) is 0.414. The first-order valence-electron chi connectivity index (χ1n) is 10.1. The lowest BCUT2D eigenvalue weighted by Gasteiger charge is -2.16. The molecule has 0 bridgehead atoms.